The third-order valence-electron chi connectivity index (χ3n) is 8.66. The van der Waals surface area contributed by atoms with Gasteiger partial charge in [0.2, 0.25) is 0 Å². The van der Waals surface area contributed by atoms with Crippen LogP contribution in [0.25, 0.3) is 0 Å². The Bertz CT molecular complexity index is 1340. The molecule has 1 fully saturated rings. The Balaban J connectivity index is 1.33. The first-order valence-electron chi connectivity index (χ1n) is 14.8. The fraction of sp³-hybridized carbons (Fsp3) is 0.469. The molecule has 5 rings (SSSR count). The summed E-state index contributed by atoms with van der Waals surface area (Å²) in [6, 6.07) is 8.38. The van der Waals surface area contributed by atoms with E-state index in [1.165, 1.54) is 43.2 Å². The molecule has 1 aromatic heterocycles. The Kier molecular flexibility index (Phi) is 8.81. The van der Waals surface area contributed by atoms with Gasteiger partial charge >= 0.3 is 6.03 Å². The summed E-state index contributed by atoms with van der Waals surface area (Å²) in [7, 11) is 0. The molecule has 0 bridgehead atoms. The average molecular weight is 556 g/mol. The zero-order valence-corrected chi connectivity index (χ0v) is 24.3. The van der Waals surface area contributed by atoms with E-state index < -0.39 is 0 Å². The number of carbonyl (C=O) groups is 2. The Morgan fingerprint density at radius 1 is 1.17 bits per heavy atom. The number of aromatic amines is 1. The molecule has 3 atom stereocenters. The molecular formula is C32H41N7O2. The van der Waals surface area contributed by atoms with Crippen molar-refractivity contribution < 1.29 is 9.59 Å². The fourth-order valence-corrected chi connectivity index (χ4v) is 6.13. The minimum atomic E-state index is -0.362. The van der Waals surface area contributed by atoms with Crippen molar-refractivity contribution in [2.24, 2.45) is 11.3 Å². The molecule has 0 radical (unpaired) electrons. The van der Waals surface area contributed by atoms with E-state index in [2.05, 4.69) is 94.5 Å². The molecule has 1 aromatic carbocycles. The van der Waals surface area contributed by atoms with Crippen LogP contribution in [0.15, 0.2) is 71.9 Å². The van der Waals surface area contributed by atoms with Crippen LogP contribution in [-0.2, 0) is 4.79 Å². The molecule has 9 nitrogen and oxygen atoms in total. The molecule has 1 saturated carbocycles. The number of benzene rings is 1. The lowest BCUT2D eigenvalue weighted by Gasteiger charge is -2.36. The van der Waals surface area contributed by atoms with Crippen LogP contribution in [0, 0.1) is 11.3 Å². The van der Waals surface area contributed by atoms with Gasteiger partial charge in [0.15, 0.2) is 0 Å². The third-order valence-corrected chi connectivity index (χ3v) is 8.66. The summed E-state index contributed by atoms with van der Waals surface area (Å²) in [5, 5.41) is 19.3. The quantitative estimate of drug-likeness (QED) is 0.358. The topological polar surface area (TPSA) is 116 Å². The minimum Gasteiger partial charge on any atom is -0.331 e. The Hall–Kier alpha value is -4.01. The van der Waals surface area contributed by atoms with Crippen LogP contribution in [0.4, 0.5) is 16.4 Å². The van der Waals surface area contributed by atoms with Crippen LogP contribution in [0.5, 0.6) is 0 Å². The van der Waals surface area contributed by atoms with Gasteiger partial charge in [0.25, 0.3) is 11.9 Å². The van der Waals surface area contributed by atoms with Crippen molar-refractivity contribution in [1.82, 2.24) is 25.9 Å². The van der Waals surface area contributed by atoms with Crippen molar-refractivity contribution in [1.29, 1.82) is 0 Å². The Labute approximate surface area is 242 Å². The molecular weight excluding hydrogens is 514 g/mol. The lowest BCUT2D eigenvalue weighted by Crippen LogP contribution is -2.49. The van der Waals surface area contributed by atoms with Crippen molar-refractivity contribution in [2.75, 3.05) is 16.8 Å². The summed E-state index contributed by atoms with van der Waals surface area (Å²) < 4.78 is 0. The number of aromatic nitrogens is 4. The number of amides is 3. The van der Waals surface area contributed by atoms with Crippen LogP contribution in [-0.4, -0.2) is 45.1 Å². The molecule has 216 valence electrons. The number of nitrogens with one attached hydrogen (secondary N) is 3. The summed E-state index contributed by atoms with van der Waals surface area (Å²) in [5.74, 6) is 0.827. The van der Waals surface area contributed by atoms with Crippen LogP contribution >= 0.6 is 0 Å². The zero-order valence-electron chi connectivity index (χ0n) is 24.3. The number of H-pyrrole nitrogens is 1. The molecule has 0 spiro atoms. The molecule has 1 heterocycles. The highest BCUT2D eigenvalue weighted by Gasteiger charge is 2.31. The molecule has 3 N–H and O–H groups in total. The number of hydrogen-bond donors (Lipinski definition) is 3. The number of tetrazole rings is 1. The Morgan fingerprint density at radius 2 is 1.95 bits per heavy atom. The lowest BCUT2D eigenvalue weighted by atomic mass is 9.81. The SMILES string of the molecule is CC1CC=CC=C1C(C)NC(=O)N(CC1(C)C=CC(C(=O)Nc2nn[nH]n2)=CC1)c1ccc(C2CCCCC2)cc1. The van der Waals surface area contributed by atoms with E-state index in [-0.39, 0.29) is 29.3 Å². The molecule has 2 aromatic rings. The maximum absolute atomic E-state index is 13.9. The van der Waals surface area contributed by atoms with Crippen LogP contribution in [0.2, 0.25) is 0 Å². The van der Waals surface area contributed by atoms with Gasteiger partial charge in [-0.05, 0) is 72.9 Å². The molecule has 9 heteroatoms. The summed E-state index contributed by atoms with van der Waals surface area (Å²) >= 11 is 0. The van der Waals surface area contributed by atoms with Gasteiger partial charge in [0.1, 0.15) is 0 Å². The zero-order chi connectivity index (χ0) is 28.8. The predicted octanol–water partition coefficient (Wildman–Crippen LogP) is 6.21. The molecule has 3 aliphatic rings. The van der Waals surface area contributed by atoms with Crippen LogP contribution < -0.4 is 15.5 Å². The normalized spacial score (nSPS) is 23.3. The molecule has 0 saturated heterocycles. The average Bonchev–Trinajstić information content (AvgIpc) is 3.50. The standard InChI is InChI=1S/C32H41N7O2/c1-22-9-7-8-12-28(22)23(2)33-31(41)39(27-15-13-25(14-16-27)24-10-5-4-6-11-24)21-32(3)19-17-26(18-20-32)29(40)34-30-35-37-38-36-30/h7-8,12-19,22-24H,4-6,9-11,20-21H2,1-3H3,(H,33,41)(H2,34,35,36,37,38,40). The van der Waals surface area contributed by atoms with Crippen molar-refractivity contribution in [3.63, 3.8) is 0 Å². The summed E-state index contributed by atoms with van der Waals surface area (Å²) in [6.45, 7) is 6.84. The number of nitrogens with zero attached hydrogens (tertiary/aromatic N) is 4. The van der Waals surface area contributed by atoms with E-state index in [4.69, 9.17) is 0 Å². The maximum atomic E-state index is 13.9. The van der Waals surface area contributed by atoms with Gasteiger partial charge in [0, 0.05) is 29.3 Å². The third kappa shape index (κ3) is 7.01. The second-order valence-corrected chi connectivity index (χ2v) is 12.0. The van der Waals surface area contributed by atoms with Crippen molar-refractivity contribution in [3.05, 3.63) is 77.4 Å². The van der Waals surface area contributed by atoms with Gasteiger partial charge in [-0.1, -0.05) is 86.8 Å². The predicted molar refractivity (Wildman–Crippen MR) is 161 cm³/mol. The van der Waals surface area contributed by atoms with Crippen LogP contribution in [0.1, 0.15) is 77.2 Å². The maximum Gasteiger partial charge on any atom is 0.322 e. The van der Waals surface area contributed by atoms with Gasteiger partial charge in [0.05, 0.1) is 0 Å². The van der Waals surface area contributed by atoms with Crippen molar-refractivity contribution in [3.8, 4) is 0 Å². The van der Waals surface area contributed by atoms with Gasteiger partial charge in [-0.2, -0.15) is 5.21 Å². The van der Waals surface area contributed by atoms with E-state index in [1.54, 1.807) is 0 Å². The van der Waals surface area contributed by atoms with Gasteiger partial charge in [-0.3, -0.25) is 15.0 Å². The largest absolute Gasteiger partial charge is 0.331 e. The number of urea groups is 1. The number of hydrogen-bond acceptors (Lipinski definition) is 5. The van der Waals surface area contributed by atoms with Gasteiger partial charge < -0.3 is 5.32 Å². The van der Waals surface area contributed by atoms with E-state index in [1.807, 2.05) is 23.1 Å². The molecule has 3 unspecified atom stereocenters. The highest BCUT2D eigenvalue weighted by molar-refractivity contribution is 6.05. The highest BCUT2D eigenvalue weighted by atomic mass is 16.2. The van der Waals surface area contributed by atoms with Gasteiger partial charge in [-0.25, -0.2) is 4.79 Å². The first kappa shape index (κ1) is 28.5. The van der Waals surface area contributed by atoms with Crippen molar-refractivity contribution >= 4 is 23.6 Å². The van der Waals surface area contributed by atoms with E-state index in [9.17, 15) is 9.59 Å². The first-order chi connectivity index (χ1) is 19.8. The number of allylic oxidation sites excluding steroid dienone is 4. The minimum absolute atomic E-state index is 0.0819. The van der Waals surface area contributed by atoms with E-state index >= 15 is 0 Å². The van der Waals surface area contributed by atoms with E-state index in [0.29, 0.717) is 30.4 Å². The molecule has 3 aliphatic carbocycles. The fourth-order valence-electron chi connectivity index (χ4n) is 6.13. The van der Waals surface area contributed by atoms with Gasteiger partial charge in [-0.15, -0.1) is 5.10 Å². The second-order valence-electron chi connectivity index (χ2n) is 12.0. The highest BCUT2D eigenvalue weighted by Crippen LogP contribution is 2.36. The lowest BCUT2D eigenvalue weighted by molar-refractivity contribution is -0.112. The summed E-state index contributed by atoms with van der Waals surface area (Å²) in [4.78, 5) is 28.4. The summed E-state index contributed by atoms with van der Waals surface area (Å²) in [5.41, 5.74) is 3.63. The van der Waals surface area contributed by atoms with E-state index in [0.717, 1.165) is 12.1 Å². The number of carbonyl (C=O) groups excluding carboxylic acids is 2. The smallest absolute Gasteiger partial charge is 0.322 e. The molecule has 3 amide bonds. The number of anilines is 2. The second kappa shape index (κ2) is 12.7. The first-order valence-corrected chi connectivity index (χ1v) is 14.8. The van der Waals surface area contributed by atoms with Crippen LogP contribution in [0.3, 0.4) is 0 Å². The molecule has 41 heavy (non-hydrogen) atoms. The summed E-state index contributed by atoms with van der Waals surface area (Å²) in [6.07, 6.45) is 20.1. The van der Waals surface area contributed by atoms with Crippen molar-refractivity contribution in [2.45, 2.75) is 77.7 Å². The molecule has 0 aliphatic heterocycles. The monoisotopic (exact) mass is 555 g/mol. The number of rotatable bonds is 8. The Morgan fingerprint density at radius 3 is 2.61 bits per heavy atom.